The van der Waals surface area contributed by atoms with Gasteiger partial charge < -0.3 is 21.7 Å². The molecule has 2 saturated carbocycles. The smallest absolute Gasteiger partial charge is 0.287 e. The van der Waals surface area contributed by atoms with E-state index in [1.165, 1.54) is 4.90 Å². The molecule has 0 bridgehead atoms. The first-order valence-corrected chi connectivity index (χ1v) is 11.5. The number of fused-ring (bicyclic) bond motifs is 1. The number of alkyl halides is 2. The van der Waals surface area contributed by atoms with Gasteiger partial charge in [0.2, 0.25) is 24.0 Å². The minimum absolute atomic E-state index is 0.0325. The first-order chi connectivity index (χ1) is 15.0. The van der Waals surface area contributed by atoms with Crippen LogP contribution in [0.25, 0.3) is 0 Å². The van der Waals surface area contributed by atoms with Crippen molar-refractivity contribution in [2.75, 3.05) is 6.54 Å². The summed E-state index contributed by atoms with van der Waals surface area (Å²) in [6.07, 6.45) is -0.495. The fourth-order valence-electron chi connectivity index (χ4n) is 6.46. The number of nitrogens with zero attached hydrogens (tertiary/aromatic N) is 1. The zero-order chi connectivity index (χ0) is 25.1. The summed E-state index contributed by atoms with van der Waals surface area (Å²) in [5, 5.41) is 2.29. The number of rotatable bonds is 7. The quantitative estimate of drug-likeness (QED) is 0.483. The van der Waals surface area contributed by atoms with Crippen molar-refractivity contribution in [1.82, 2.24) is 10.2 Å². The molecule has 3 aliphatic rings. The van der Waals surface area contributed by atoms with Crippen molar-refractivity contribution in [2.24, 2.45) is 33.1 Å². The van der Waals surface area contributed by atoms with E-state index in [0.717, 1.165) is 19.3 Å². The largest absolute Gasteiger partial charge is 0.363 e. The number of halogens is 2. The third kappa shape index (κ3) is 3.74. The van der Waals surface area contributed by atoms with Gasteiger partial charge in [-0.15, -0.1) is 0 Å². The van der Waals surface area contributed by atoms with Gasteiger partial charge >= 0.3 is 0 Å². The number of carbonyl (C=O) groups is 4. The zero-order valence-corrected chi connectivity index (χ0v) is 20.0. The fourth-order valence-corrected chi connectivity index (χ4v) is 6.46. The highest BCUT2D eigenvalue weighted by atomic mass is 19.3. The van der Waals surface area contributed by atoms with Crippen molar-refractivity contribution in [1.29, 1.82) is 0 Å². The van der Waals surface area contributed by atoms with E-state index in [1.54, 1.807) is 0 Å². The third-order valence-corrected chi connectivity index (χ3v) is 8.89. The Balaban J connectivity index is 1.91. The molecule has 186 valence electrons. The summed E-state index contributed by atoms with van der Waals surface area (Å²) in [6.45, 7) is 10.1. The molecular formula is C23H36F2N4O4. The molecule has 0 aromatic rings. The number of Topliss-reactive ketones (excluding diaryl/α,β-unsaturated/α-hetero) is 1. The van der Waals surface area contributed by atoms with Gasteiger partial charge in [0, 0.05) is 18.4 Å². The van der Waals surface area contributed by atoms with E-state index in [0.29, 0.717) is 13.0 Å². The lowest BCUT2D eigenvalue weighted by Crippen LogP contribution is -2.57. The van der Waals surface area contributed by atoms with Crippen LogP contribution in [-0.4, -0.2) is 59.5 Å². The molecule has 4 atom stereocenters. The lowest BCUT2D eigenvalue weighted by Gasteiger charge is -2.33. The number of carbonyl (C=O) groups excluding carboxylic acids is 4. The summed E-state index contributed by atoms with van der Waals surface area (Å²) >= 11 is 0. The second kappa shape index (κ2) is 7.99. The van der Waals surface area contributed by atoms with Crippen molar-refractivity contribution in [3.8, 4) is 0 Å². The fraction of sp³-hybridized carbons (Fsp3) is 0.826. The van der Waals surface area contributed by atoms with Crippen LogP contribution in [-0.2, 0) is 19.2 Å². The summed E-state index contributed by atoms with van der Waals surface area (Å²) in [5.74, 6) is -3.81. The number of hydrogen-bond acceptors (Lipinski definition) is 5. The molecule has 0 aromatic heterocycles. The van der Waals surface area contributed by atoms with Crippen LogP contribution >= 0.6 is 0 Å². The van der Waals surface area contributed by atoms with Crippen molar-refractivity contribution in [2.45, 2.75) is 91.3 Å². The van der Waals surface area contributed by atoms with Gasteiger partial charge in [-0.05, 0) is 35.5 Å². The Morgan fingerprint density at radius 1 is 1.12 bits per heavy atom. The lowest BCUT2D eigenvalue weighted by molar-refractivity contribution is -0.143. The van der Waals surface area contributed by atoms with Crippen LogP contribution in [0.15, 0.2) is 0 Å². The van der Waals surface area contributed by atoms with Gasteiger partial charge in [-0.3, -0.25) is 19.2 Å². The summed E-state index contributed by atoms with van der Waals surface area (Å²) in [6, 6.07) is -3.58. The summed E-state index contributed by atoms with van der Waals surface area (Å²) in [5.41, 5.74) is 10.3. The van der Waals surface area contributed by atoms with Gasteiger partial charge in [0.25, 0.3) is 5.91 Å². The number of nitrogens with two attached hydrogens (primary N) is 2. The van der Waals surface area contributed by atoms with Gasteiger partial charge in [0.15, 0.2) is 0 Å². The number of likely N-dealkylation sites (tertiary alicyclic amines) is 1. The Morgan fingerprint density at radius 3 is 2.09 bits per heavy atom. The van der Waals surface area contributed by atoms with Gasteiger partial charge in [0.1, 0.15) is 12.1 Å². The predicted molar refractivity (Wildman–Crippen MR) is 117 cm³/mol. The molecule has 8 nitrogen and oxygen atoms in total. The molecule has 2 aliphatic carbocycles. The van der Waals surface area contributed by atoms with Crippen molar-refractivity contribution < 1.29 is 28.0 Å². The minimum atomic E-state index is -2.93. The summed E-state index contributed by atoms with van der Waals surface area (Å²) in [4.78, 5) is 51.6. The average molecular weight is 471 g/mol. The van der Waals surface area contributed by atoms with Gasteiger partial charge in [-0.2, -0.15) is 0 Å². The Labute approximate surface area is 193 Å². The monoisotopic (exact) mass is 470 g/mol. The van der Waals surface area contributed by atoms with E-state index >= 15 is 0 Å². The summed E-state index contributed by atoms with van der Waals surface area (Å²) < 4.78 is 26.1. The number of nitrogens with one attached hydrogen (secondary N) is 1. The molecule has 3 fully saturated rings. The molecule has 3 rings (SSSR count). The van der Waals surface area contributed by atoms with Crippen LogP contribution in [0.3, 0.4) is 0 Å². The van der Waals surface area contributed by atoms with Crippen LogP contribution in [0.2, 0.25) is 0 Å². The van der Waals surface area contributed by atoms with Crippen LogP contribution in [0.5, 0.6) is 0 Å². The first kappa shape index (κ1) is 25.5. The molecule has 10 heteroatoms. The second-order valence-electron chi connectivity index (χ2n) is 11.6. The molecule has 0 radical (unpaired) electrons. The topological polar surface area (TPSA) is 136 Å². The highest BCUT2D eigenvalue weighted by Crippen LogP contribution is 2.88. The Kier molecular flexibility index (Phi) is 6.18. The van der Waals surface area contributed by atoms with Crippen LogP contribution in [0.1, 0.15) is 66.7 Å². The van der Waals surface area contributed by atoms with Gasteiger partial charge in [-0.25, -0.2) is 8.78 Å². The molecule has 1 saturated heterocycles. The lowest BCUT2D eigenvalue weighted by atomic mass is 9.73. The number of primary amides is 1. The zero-order valence-electron chi connectivity index (χ0n) is 20.0. The maximum atomic E-state index is 13.4. The number of ketones is 1. The van der Waals surface area contributed by atoms with Crippen LogP contribution in [0, 0.1) is 21.7 Å². The van der Waals surface area contributed by atoms with E-state index < -0.39 is 54.0 Å². The molecule has 3 amide bonds. The molecule has 1 unspecified atom stereocenters. The second-order valence-corrected chi connectivity index (χ2v) is 11.6. The van der Waals surface area contributed by atoms with Gasteiger partial charge in [-0.1, -0.05) is 41.0 Å². The normalized spacial score (nSPS) is 29.0. The Morgan fingerprint density at radius 2 is 1.70 bits per heavy atom. The Bertz CT molecular complexity index is 865. The average Bonchev–Trinajstić information content (AvgIpc) is 2.91. The van der Waals surface area contributed by atoms with E-state index in [4.69, 9.17) is 11.5 Å². The molecule has 1 aliphatic heterocycles. The molecule has 1 heterocycles. The molecule has 33 heavy (non-hydrogen) atoms. The molecular weight excluding hydrogens is 434 g/mol. The van der Waals surface area contributed by atoms with Crippen molar-refractivity contribution in [3.63, 3.8) is 0 Å². The Hall–Kier alpha value is -2.10. The van der Waals surface area contributed by atoms with E-state index in [2.05, 4.69) is 19.2 Å². The summed E-state index contributed by atoms with van der Waals surface area (Å²) in [7, 11) is 0. The minimum Gasteiger partial charge on any atom is -0.363 e. The standard InChI is InChI=1S/C23H36F2N4O4/c1-20(2,3)16(26)19(33)29-11-23(21(4,5)22(23)7-6-8-22)10-13(29)18(32)28-12(9-14(24)25)15(30)17(27)31/h12-14,16H,6-11,26H2,1-5H3,(H2,27,31)(H,28,32)/t12?,13-,16+,23+/m0/s1. The third-order valence-electron chi connectivity index (χ3n) is 8.89. The number of hydrogen-bond donors (Lipinski definition) is 3. The highest BCUT2D eigenvalue weighted by Gasteiger charge is 2.85. The van der Waals surface area contributed by atoms with Gasteiger partial charge in [0.05, 0.1) is 6.04 Å². The molecule has 2 spiro atoms. The van der Waals surface area contributed by atoms with Crippen molar-refractivity contribution >= 4 is 23.5 Å². The van der Waals surface area contributed by atoms with E-state index in [-0.39, 0.29) is 22.2 Å². The molecule has 5 N–H and O–H groups in total. The SMILES string of the molecule is CC(C)(C)[C@H](N)C(=O)N1C[C@]2(C[C@H]1C(=O)NC(CC(F)F)C(=O)C(N)=O)C(C)(C)C21CCC1. The predicted octanol–water partition coefficient (Wildman–Crippen LogP) is 1.35. The van der Waals surface area contributed by atoms with Crippen LogP contribution in [0.4, 0.5) is 8.78 Å². The highest BCUT2D eigenvalue weighted by molar-refractivity contribution is 6.37. The van der Waals surface area contributed by atoms with Crippen LogP contribution < -0.4 is 16.8 Å². The first-order valence-electron chi connectivity index (χ1n) is 11.5. The maximum Gasteiger partial charge on any atom is 0.287 e. The maximum absolute atomic E-state index is 13.4. The number of amides is 3. The van der Waals surface area contributed by atoms with E-state index in [1.807, 2.05) is 20.8 Å². The van der Waals surface area contributed by atoms with E-state index in [9.17, 15) is 28.0 Å². The van der Waals surface area contributed by atoms with Crippen molar-refractivity contribution in [3.05, 3.63) is 0 Å². The molecule has 0 aromatic carbocycles.